The first-order valence-corrected chi connectivity index (χ1v) is 12.1. The number of carbonyl (C=O) groups is 1. The number of fused-ring (bicyclic) bond motifs is 1. The molecule has 33 heavy (non-hydrogen) atoms. The minimum atomic E-state index is 0.0948. The third-order valence-corrected chi connectivity index (χ3v) is 7.18. The molecule has 0 atom stereocenters. The second-order valence-corrected chi connectivity index (χ2v) is 9.23. The summed E-state index contributed by atoms with van der Waals surface area (Å²) >= 11 is 7.81. The summed E-state index contributed by atoms with van der Waals surface area (Å²) in [6, 6.07) is 17.9. The second-order valence-electron chi connectivity index (χ2n) is 7.88. The summed E-state index contributed by atoms with van der Waals surface area (Å²) in [5.41, 5.74) is 5.26. The van der Waals surface area contributed by atoms with E-state index >= 15 is 0 Å². The first-order chi connectivity index (χ1) is 16.1. The van der Waals surface area contributed by atoms with Gasteiger partial charge in [-0.1, -0.05) is 53.7 Å². The summed E-state index contributed by atoms with van der Waals surface area (Å²) in [4.78, 5) is 19.1. The lowest BCUT2D eigenvalue weighted by atomic mass is 10.00. The topological polar surface area (TPSA) is 63.9 Å². The van der Waals surface area contributed by atoms with Crippen molar-refractivity contribution in [3.8, 4) is 17.1 Å². The third kappa shape index (κ3) is 4.38. The van der Waals surface area contributed by atoms with Gasteiger partial charge in [-0.15, -0.1) is 10.2 Å². The number of aromatic nitrogens is 4. The summed E-state index contributed by atoms with van der Waals surface area (Å²) in [5.74, 6) is 1.07. The number of nitrogens with zero attached hydrogens (tertiary/aromatic N) is 5. The smallest absolute Gasteiger partial charge is 0.233 e. The highest BCUT2D eigenvalue weighted by atomic mass is 35.5. The number of benzene rings is 2. The maximum Gasteiger partial charge on any atom is 0.233 e. The standard InChI is InChI=1S/C25H22ClN5OS/c1-17-21(26)7-4-8-22(17)31-24(19-9-12-27-13-10-19)28-29-25(31)33-16-23(32)30-14-11-18-5-2-3-6-20(18)15-30/h2-10,12-13H,11,14-16H2,1H3. The van der Waals surface area contributed by atoms with Crippen LogP contribution in [-0.2, 0) is 17.8 Å². The van der Waals surface area contributed by atoms with Crippen molar-refractivity contribution >= 4 is 29.3 Å². The maximum atomic E-state index is 13.0. The van der Waals surface area contributed by atoms with Crippen LogP contribution in [0.15, 0.2) is 72.1 Å². The molecule has 1 amide bonds. The number of hydrogen-bond donors (Lipinski definition) is 0. The molecule has 4 aromatic rings. The van der Waals surface area contributed by atoms with Crippen LogP contribution >= 0.6 is 23.4 Å². The Morgan fingerprint density at radius 3 is 2.64 bits per heavy atom. The van der Waals surface area contributed by atoms with Crippen LogP contribution < -0.4 is 0 Å². The van der Waals surface area contributed by atoms with Gasteiger partial charge in [0.05, 0.1) is 11.4 Å². The molecule has 2 aromatic heterocycles. The van der Waals surface area contributed by atoms with E-state index in [9.17, 15) is 4.79 Å². The van der Waals surface area contributed by atoms with Gasteiger partial charge in [0.15, 0.2) is 11.0 Å². The molecule has 0 N–H and O–H groups in total. The second kappa shape index (κ2) is 9.37. The van der Waals surface area contributed by atoms with Crippen LogP contribution in [0.3, 0.4) is 0 Å². The Morgan fingerprint density at radius 2 is 1.82 bits per heavy atom. The van der Waals surface area contributed by atoms with Gasteiger partial charge in [0.25, 0.3) is 0 Å². The van der Waals surface area contributed by atoms with Crippen LogP contribution in [0.5, 0.6) is 0 Å². The van der Waals surface area contributed by atoms with E-state index in [1.54, 1.807) is 12.4 Å². The fraction of sp³-hybridized carbons (Fsp3) is 0.200. The van der Waals surface area contributed by atoms with Crippen molar-refractivity contribution in [2.45, 2.75) is 25.0 Å². The molecule has 2 aromatic carbocycles. The van der Waals surface area contributed by atoms with Crippen LogP contribution in [-0.4, -0.2) is 42.9 Å². The average Bonchev–Trinajstić information content (AvgIpc) is 3.28. The Bertz CT molecular complexity index is 1310. The summed E-state index contributed by atoms with van der Waals surface area (Å²) in [6.07, 6.45) is 4.34. The summed E-state index contributed by atoms with van der Waals surface area (Å²) < 4.78 is 1.97. The Hall–Kier alpha value is -3.16. The molecule has 0 saturated heterocycles. The first kappa shape index (κ1) is 21.7. The van der Waals surface area contributed by atoms with E-state index in [0.29, 0.717) is 22.5 Å². The van der Waals surface area contributed by atoms with Crippen molar-refractivity contribution < 1.29 is 4.79 Å². The number of carbonyl (C=O) groups excluding carboxylic acids is 1. The Balaban J connectivity index is 1.42. The van der Waals surface area contributed by atoms with Crippen molar-refractivity contribution in [3.05, 3.63) is 88.7 Å². The van der Waals surface area contributed by atoms with Gasteiger partial charge in [-0.05, 0) is 54.3 Å². The maximum absolute atomic E-state index is 13.0. The lowest BCUT2D eigenvalue weighted by Gasteiger charge is -2.28. The molecule has 3 heterocycles. The first-order valence-electron chi connectivity index (χ1n) is 10.7. The van der Waals surface area contributed by atoms with Gasteiger partial charge in [0.2, 0.25) is 5.91 Å². The summed E-state index contributed by atoms with van der Waals surface area (Å²) in [6.45, 7) is 3.36. The predicted molar refractivity (Wildman–Crippen MR) is 131 cm³/mol. The molecule has 0 saturated carbocycles. The zero-order chi connectivity index (χ0) is 22.8. The van der Waals surface area contributed by atoms with E-state index < -0.39 is 0 Å². The molecule has 0 aliphatic carbocycles. The van der Waals surface area contributed by atoms with Crippen molar-refractivity contribution in [3.63, 3.8) is 0 Å². The van der Waals surface area contributed by atoms with Crippen LogP contribution in [0.4, 0.5) is 0 Å². The number of thioether (sulfide) groups is 1. The lowest BCUT2D eigenvalue weighted by Crippen LogP contribution is -2.37. The quantitative estimate of drug-likeness (QED) is 0.381. The number of hydrogen-bond acceptors (Lipinski definition) is 5. The van der Waals surface area contributed by atoms with Crippen LogP contribution in [0.2, 0.25) is 5.02 Å². The highest BCUT2D eigenvalue weighted by Crippen LogP contribution is 2.32. The largest absolute Gasteiger partial charge is 0.337 e. The molecule has 8 heteroatoms. The normalized spacial score (nSPS) is 13.1. The zero-order valence-corrected chi connectivity index (χ0v) is 19.7. The number of rotatable bonds is 5. The molecular weight excluding hydrogens is 454 g/mol. The molecule has 0 unspecified atom stereocenters. The van der Waals surface area contributed by atoms with Crippen LogP contribution in [0.1, 0.15) is 16.7 Å². The van der Waals surface area contributed by atoms with Crippen molar-refractivity contribution in [1.29, 1.82) is 0 Å². The predicted octanol–water partition coefficient (Wildman–Crippen LogP) is 4.97. The molecule has 166 valence electrons. The van der Waals surface area contributed by atoms with Crippen molar-refractivity contribution in [1.82, 2.24) is 24.6 Å². The number of pyridine rings is 1. The molecule has 0 spiro atoms. The average molecular weight is 476 g/mol. The van der Waals surface area contributed by atoms with Crippen LogP contribution in [0, 0.1) is 6.92 Å². The lowest BCUT2D eigenvalue weighted by molar-refractivity contribution is -0.129. The van der Waals surface area contributed by atoms with E-state index in [0.717, 1.165) is 29.8 Å². The Morgan fingerprint density at radius 1 is 1.03 bits per heavy atom. The Kier molecular flexibility index (Phi) is 6.15. The van der Waals surface area contributed by atoms with Crippen molar-refractivity contribution in [2.75, 3.05) is 12.3 Å². The highest BCUT2D eigenvalue weighted by Gasteiger charge is 2.23. The third-order valence-electron chi connectivity index (χ3n) is 5.86. The molecule has 6 nitrogen and oxygen atoms in total. The van der Waals surface area contributed by atoms with E-state index in [2.05, 4.69) is 33.4 Å². The van der Waals surface area contributed by atoms with E-state index in [-0.39, 0.29) is 11.7 Å². The monoisotopic (exact) mass is 475 g/mol. The molecule has 0 bridgehead atoms. The zero-order valence-electron chi connectivity index (χ0n) is 18.1. The highest BCUT2D eigenvalue weighted by molar-refractivity contribution is 7.99. The molecule has 0 fully saturated rings. The van der Waals surface area contributed by atoms with Gasteiger partial charge in [-0.2, -0.15) is 0 Å². The van der Waals surface area contributed by atoms with Gasteiger partial charge < -0.3 is 4.90 Å². The number of halogens is 1. The Labute approximate surface area is 201 Å². The van der Waals surface area contributed by atoms with Crippen LogP contribution in [0.25, 0.3) is 17.1 Å². The van der Waals surface area contributed by atoms with Gasteiger partial charge in [0, 0.05) is 36.1 Å². The summed E-state index contributed by atoms with van der Waals surface area (Å²) in [7, 11) is 0. The van der Waals surface area contributed by atoms with E-state index in [1.807, 2.05) is 52.8 Å². The molecule has 1 aliphatic heterocycles. The van der Waals surface area contributed by atoms with Gasteiger partial charge >= 0.3 is 0 Å². The van der Waals surface area contributed by atoms with Crippen molar-refractivity contribution in [2.24, 2.45) is 0 Å². The minimum absolute atomic E-state index is 0.0948. The summed E-state index contributed by atoms with van der Waals surface area (Å²) in [5, 5.41) is 10.2. The fourth-order valence-corrected chi connectivity index (χ4v) is 5.05. The minimum Gasteiger partial charge on any atom is -0.337 e. The molecule has 0 radical (unpaired) electrons. The molecule has 5 rings (SSSR count). The fourth-order valence-electron chi connectivity index (χ4n) is 4.03. The SMILES string of the molecule is Cc1c(Cl)cccc1-n1c(SCC(=O)N2CCc3ccccc3C2)nnc1-c1ccncc1. The van der Waals surface area contributed by atoms with E-state index in [4.69, 9.17) is 11.6 Å². The van der Waals surface area contributed by atoms with Gasteiger partial charge in [-0.3, -0.25) is 14.3 Å². The van der Waals surface area contributed by atoms with E-state index in [1.165, 1.54) is 22.9 Å². The van der Waals surface area contributed by atoms with Gasteiger partial charge in [-0.25, -0.2) is 0 Å². The molecular formula is C25H22ClN5OS. The molecule has 1 aliphatic rings. The number of amides is 1. The van der Waals surface area contributed by atoms with Gasteiger partial charge in [0.1, 0.15) is 0 Å².